The van der Waals surface area contributed by atoms with Crippen LogP contribution in [0.5, 0.6) is 0 Å². The van der Waals surface area contributed by atoms with Crippen molar-refractivity contribution >= 4 is 16.8 Å². The molecule has 0 aliphatic carbocycles. The van der Waals surface area contributed by atoms with Gasteiger partial charge in [0.25, 0.3) is 5.91 Å². The second-order valence-electron chi connectivity index (χ2n) is 7.22. The highest BCUT2D eigenvalue weighted by Crippen LogP contribution is 2.29. The van der Waals surface area contributed by atoms with Crippen LogP contribution in [0, 0.1) is 5.92 Å². The molecule has 1 aromatic heterocycles. The van der Waals surface area contributed by atoms with E-state index in [9.17, 15) is 4.79 Å². The van der Waals surface area contributed by atoms with Crippen LogP contribution in [-0.2, 0) is 0 Å². The first-order chi connectivity index (χ1) is 13.2. The van der Waals surface area contributed by atoms with Crippen molar-refractivity contribution in [2.45, 2.75) is 19.8 Å². The van der Waals surface area contributed by atoms with Crippen LogP contribution in [0.3, 0.4) is 0 Å². The minimum atomic E-state index is -0.0364. The number of nitrogens with zero attached hydrogens (tertiary/aromatic N) is 2. The number of piperidine rings is 1. The lowest BCUT2D eigenvalue weighted by Crippen LogP contribution is -2.40. The van der Waals surface area contributed by atoms with E-state index in [0.29, 0.717) is 17.2 Å². The monoisotopic (exact) mass is 363 g/mol. The Morgan fingerprint density at radius 3 is 2.93 bits per heavy atom. The van der Waals surface area contributed by atoms with Crippen molar-refractivity contribution in [1.29, 1.82) is 0 Å². The zero-order valence-corrected chi connectivity index (χ0v) is 15.6. The number of carbonyl (C=O) groups excluding carboxylic acids is 1. The van der Waals surface area contributed by atoms with E-state index in [1.54, 1.807) is 0 Å². The zero-order valence-electron chi connectivity index (χ0n) is 15.6. The van der Waals surface area contributed by atoms with Gasteiger partial charge in [-0.2, -0.15) is 0 Å². The van der Waals surface area contributed by atoms with Crippen LogP contribution < -0.4 is 5.32 Å². The molecule has 3 aromatic rings. The number of fused-ring (bicyclic) bond motifs is 1. The number of nitrogens with one attached hydrogen (secondary N) is 1. The Kier molecular flexibility index (Phi) is 5.21. The number of benzene rings is 2. The SMILES string of the molecule is CCN1CCC[C@@H](CNC(=O)c2ccc3noc(-c4ccccc4)c3c2)C1. The number of amides is 1. The Hall–Kier alpha value is -2.66. The minimum absolute atomic E-state index is 0.0364. The third kappa shape index (κ3) is 3.88. The summed E-state index contributed by atoms with van der Waals surface area (Å²) in [4.78, 5) is 15.1. The van der Waals surface area contributed by atoms with E-state index in [2.05, 4.69) is 22.3 Å². The summed E-state index contributed by atoms with van der Waals surface area (Å²) in [5.74, 6) is 1.19. The van der Waals surface area contributed by atoms with E-state index in [0.717, 1.165) is 36.1 Å². The van der Waals surface area contributed by atoms with Gasteiger partial charge in [0.1, 0.15) is 5.52 Å². The molecule has 27 heavy (non-hydrogen) atoms. The van der Waals surface area contributed by atoms with E-state index in [-0.39, 0.29) is 5.91 Å². The summed E-state index contributed by atoms with van der Waals surface area (Å²) in [6.07, 6.45) is 2.39. The first-order valence-corrected chi connectivity index (χ1v) is 9.70. The maximum Gasteiger partial charge on any atom is 0.251 e. The summed E-state index contributed by atoms with van der Waals surface area (Å²) in [7, 11) is 0. The van der Waals surface area contributed by atoms with Crippen LogP contribution in [0.25, 0.3) is 22.2 Å². The molecule has 1 atom stereocenters. The number of rotatable bonds is 5. The molecule has 0 radical (unpaired) electrons. The van der Waals surface area contributed by atoms with Gasteiger partial charge in [-0.25, -0.2) is 0 Å². The highest BCUT2D eigenvalue weighted by Gasteiger charge is 2.20. The topological polar surface area (TPSA) is 58.4 Å². The van der Waals surface area contributed by atoms with Crippen LogP contribution in [0.15, 0.2) is 53.1 Å². The molecule has 0 saturated carbocycles. The molecule has 0 spiro atoms. The summed E-state index contributed by atoms with van der Waals surface area (Å²) in [5, 5.41) is 8.10. The minimum Gasteiger partial charge on any atom is -0.355 e. The molecule has 1 fully saturated rings. The fourth-order valence-electron chi connectivity index (χ4n) is 3.82. The average molecular weight is 363 g/mol. The van der Waals surface area contributed by atoms with E-state index in [4.69, 9.17) is 4.52 Å². The van der Waals surface area contributed by atoms with Crippen LogP contribution in [0.1, 0.15) is 30.1 Å². The lowest BCUT2D eigenvalue weighted by molar-refractivity contribution is 0.0934. The Bertz CT molecular complexity index is 920. The second-order valence-corrected chi connectivity index (χ2v) is 7.22. The molecule has 1 amide bonds. The highest BCUT2D eigenvalue weighted by molar-refractivity contribution is 6.00. The van der Waals surface area contributed by atoms with Crippen molar-refractivity contribution in [3.8, 4) is 11.3 Å². The normalized spacial score (nSPS) is 17.9. The molecule has 1 N–H and O–H groups in total. The Balaban J connectivity index is 1.49. The van der Waals surface area contributed by atoms with Crippen LogP contribution in [0.2, 0.25) is 0 Å². The molecule has 4 rings (SSSR count). The summed E-state index contributed by atoms with van der Waals surface area (Å²) in [5.41, 5.74) is 2.36. The van der Waals surface area contributed by atoms with Gasteiger partial charge < -0.3 is 14.7 Å². The summed E-state index contributed by atoms with van der Waals surface area (Å²) >= 11 is 0. The van der Waals surface area contributed by atoms with Crippen molar-refractivity contribution in [2.75, 3.05) is 26.2 Å². The average Bonchev–Trinajstić information content (AvgIpc) is 3.16. The quantitative estimate of drug-likeness (QED) is 0.745. The van der Waals surface area contributed by atoms with Crippen LogP contribution in [-0.4, -0.2) is 42.1 Å². The number of likely N-dealkylation sites (tertiary alicyclic amines) is 1. The van der Waals surface area contributed by atoms with Gasteiger partial charge in [0.15, 0.2) is 5.76 Å². The molecule has 1 aliphatic rings. The molecule has 5 nitrogen and oxygen atoms in total. The number of aromatic nitrogens is 1. The molecule has 5 heteroatoms. The standard InChI is InChI=1S/C22H25N3O2/c1-2-25-12-6-7-16(15-25)14-23-22(26)18-10-11-20-19(13-18)21(27-24-20)17-8-4-3-5-9-17/h3-5,8-11,13,16H,2,6-7,12,14-15H2,1H3,(H,23,26)/t16-/m0/s1. The summed E-state index contributed by atoms with van der Waals surface area (Å²) in [6, 6.07) is 15.4. The molecule has 140 valence electrons. The molecular formula is C22H25N3O2. The van der Waals surface area contributed by atoms with Gasteiger partial charge >= 0.3 is 0 Å². The van der Waals surface area contributed by atoms with Gasteiger partial charge in [-0.05, 0) is 50.0 Å². The van der Waals surface area contributed by atoms with Crippen LogP contribution >= 0.6 is 0 Å². The largest absolute Gasteiger partial charge is 0.355 e. The van der Waals surface area contributed by atoms with Gasteiger partial charge in [0, 0.05) is 24.2 Å². The number of carbonyl (C=O) groups is 1. The lowest BCUT2D eigenvalue weighted by atomic mass is 9.98. The third-order valence-electron chi connectivity index (χ3n) is 5.38. The van der Waals surface area contributed by atoms with E-state index in [1.807, 2.05) is 48.5 Å². The zero-order chi connectivity index (χ0) is 18.6. The molecule has 0 bridgehead atoms. The molecule has 2 aromatic carbocycles. The molecule has 1 aliphatic heterocycles. The Labute approximate surface area is 159 Å². The van der Waals surface area contributed by atoms with Gasteiger partial charge in [-0.1, -0.05) is 42.4 Å². The molecule has 1 saturated heterocycles. The van der Waals surface area contributed by atoms with Gasteiger partial charge in [0.2, 0.25) is 0 Å². The van der Waals surface area contributed by atoms with E-state index in [1.165, 1.54) is 19.4 Å². The smallest absolute Gasteiger partial charge is 0.251 e. The predicted molar refractivity (Wildman–Crippen MR) is 107 cm³/mol. The van der Waals surface area contributed by atoms with Crippen molar-refractivity contribution < 1.29 is 9.32 Å². The van der Waals surface area contributed by atoms with Crippen molar-refractivity contribution in [3.05, 3.63) is 54.1 Å². The van der Waals surface area contributed by atoms with E-state index >= 15 is 0 Å². The van der Waals surface area contributed by atoms with Crippen molar-refractivity contribution in [3.63, 3.8) is 0 Å². The van der Waals surface area contributed by atoms with Gasteiger partial charge in [0.05, 0.1) is 5.39 Å². The van der Waals surface area contributed by atoms with Crippen LogP contribution in [0.4, 0.5) is 0 Å². The maximum absolute atomic E-state index is 12.7. The Morgan fingerprint density at radius 2 is 2.11 bits per heavy atom. The number of hydrogen-bond donors (Lipinski definition) is 1. The first kappa shape index (κ1) is 17.7. The summed E-state index contributed by atoms with van der Waals surface area (Å²) < 4.78 is 5.53. The van der Waals surface area contributed by atoms with E-state index < -0.39 is 0 Å². The predicted octanol–water partition coefficient (Wildman–Crippen LogP) is 3.96. The van der Waals surface area contributed by atoms with Gasteiger partial charge in [-0.15, -0.1) is 0 Å². The van der Waals surface area contributed by atoms with Crippen molar-refractivity contribution in [1.82, 2.24) is 15.4 Å². The fraction of sp³-hybridized carbons (Fsp3) is 0.364. The Morgan fingerprint density at radius 1 is 1.26 bits per heavy atom. The molecule has 0 unspecified atom stereocenters. The summed E-state index contributed by atoms with van der Waals surface area (Å²) in [6.45, 7) is 6.24. The van der Waals surface area contributed by atoms with Crippen molar-refractivity contribution in [2.24, 2.45) is 5.92 Å². The second kappa shape index (κ2) is 7.92. The molecule has 2 heterocycles. The highest BCUT2D eigenvalue weighted by atomic mass is 16.5. The lowest BCUT2D eigenvalue weighted by Gasteiger charge is -2.31. The molecular weight excluding hydrogens is 338 g/mol. The van der Waals surface area contributed by atoms with Gasteiger partial charge in [-0.3, -0.25) is 4.79 Å². The maximum atomic E-state index is 12.7. The first-order valence-electron chi connectivity index (χ1n) is 9.70. The fourth-order valence-corrected chi connectivity index (χ4v) is 3.82. The number of hydrogen-bond acceptors (Lipinski definition) is 4. The third-order valence-corrected chi connectivity index (χ3v) is 5.38.